The Morgan fingerprint density at radius 3 is 2.74 bits per heavy atom. The number of rotatable bonds is 4. The van der Waals surface area contributed by atoms with Crippen LogP contribution < -0.4 is 5.32 Å². The van der Waals surface area contributed by atoms with Crippen LogP contribution in [0.15, 0.2) is 42.6 Å². The zero-order chi connectivity index (χ0) is 15.6. The molecule has 2 fully saturated rings. The maximum atomic E-state index is 5.81. The summed E-state index contributed by atoms with van der Waals surface area (Å²) in [7, 11) is 1.69. The minimum Gasteiger partial charge on any atom is -0.376 e. The van der Waals surface area contributed by atoms with Crippen LogP contribution in [0.4, 0.5) is 5.95 Å². The third kappa shape index (κ3) is 2.81. The highest BCUT2D eigenvalue weighted by atomic mass is 16.6. The van der Waals surface area contributed by atoms with Crippen molar-refractivity contribution in [3.63, 3.8) is 0 Å². The van der Waals surface area contributed by atoms with Crippen molar-refractivity contribution < 1.29 is 14.2 Å². The Labute approximate surface area is 134 Å². The Kier molecular flexibility index (Phi) is 3.95. The molecule has 0 saturated carbocycles. The van der Waals surface area contributed by atoms with E-state index >= 15 is 0 Å². The summed E-state index contributed by atoms with van der Waals surface area (Å²) < 4.78 is 17.0. The monoisotopic (exact) mass is 313 g/mol. The molecule has 2 aliphatic rings. The number of hydrogen-bond acceptors (Lipinski definition) is 6. The molecule has 1 aromatic carbocycles. The van der Waals surface area contributed by atoms with Gasteiger partial charge in [0.15, 0.2) is 0 Å². The predicted octanol–water partition coefficient (Wildman–Crippen LogP) is 1.74. The molecular weight excluding hydrogens is 294 g/mol. The van der Waals surface area contributed by atoms with Gasteiger partial charge in [-0.2, -0.15) is 0 Å². The molecule has 1 aromatic heterocycles. The second kappa shape index (κ2) is 6.23. The van der Waals surface area contributed by atoms with E-state index in [-0.39, 0.29) is 24.4 Å². The number of anilines is 1. The summed E-state index contributed by atoms with van der Waals surface area (Å²) >= 11 is 0. The molecule has 6 nitrogen and oxygen atoms in total. The Morgan fingerprint density at radius 1 is 1.09 bits per heavy atom. The van der Waals surface area contributed by atoms with Crippen molar-refractivity contribution in [1.29, 1.82) is 0 Å². The second-order valence-electron chi connectivity index (χ2n) is 5.75. The van der Waals surface area contributed by atoms with Gasteiger partial charge in [0, 0.05) is 18.9 Å². The lowest BCUT2D eigenvalue weighted by Gasteiger charge is -2.17. The van der Waals surface area contributed by atoms with Gasteiger partial charge in [0.1, 0.15) is 18.3 Å². The van der Waals surface area contributed by atoms with Crippen LogP contribution in [0.5, 0.6) is 0 Å². The maximum absolute atomic E-state index is 5.81. The van der Waals surface area contributed by atoms with E-state index in [1.54, 1.807) is 13.3 Å². The molecule has 6 heteroatoms. The number of benzene rings is 1. The van der Waals surface area contributed by atoms with Gasteiger partial charge >= 0.3 is 0 Å². The fraction of sp³-hybridized carbons (Fsp3) is 0.412. The van der Waals surface area contributed by atoms with Gasteiger partial charge in [-0.05, 0) is 6.07 Å². The fourth-order valence-corrected chi connectivity index (χ4v) is 3.15. The highest BCUT2D eigenvalue weighted by molar-refractivity contribution is 5.59. The molecule has 0 bridgehead atoms. The third-order valence-corrected chi connectivity index (χ3v) is 4.35. The van der Waals surface area contributed by atoms with E-state index in [4.69, 9.17) is 14.2 Å². The molecular formula is C17H19N3O3. The molecule has 2 aromatic rings. The molecule has 120 valence electrons. The molecule has 4 atom stereocenters. The van der Waals surface area contributed by atoms with Gasteiger partial charge in [0.25, 0.3) is 0 Å². The van der Waals surface area contributed by atoms with Crippen LogP contribution in [0.1, 0.15) is 0 Å². The number of nitrogens with zero attached hydrogens (tertiary/aromatic N) is 2. The summed E-state index contributed by atoms with van der Waals surface area (Å²) in [5.74, 6) is 0.588. The van der Waals surface area contributed by atoms with Crippen LogP contribution in [0, 0.1) is 0 Å². The number of nitrogens with one attached hydrogen (secondary N) is 1. The number of methoxy groups -OCH3 is 1. The summed E-state index contributed by atoms with van der Waals surface area (Å²) in [6, 6.07) is 12.0. The summed E-state index contributed by atoms with van der Waals surface area (Å²) in [6.07, 6.45) is 1.72. The summed E-state index contributed by atoms with van der Waals surface area (Å²) in [4.78, 5) is 8.91. The first-order valence-electron chi connectivity index (χ1n) is 7.76. The quantitative estimate of drug-likeness (QED) is 0.927. The second-order valence-corrected chi connectivity index (χ2v) is 5.75. The Hall–Kier alpha value is -2.02. The van der Waals surface area contributed by atoms with Gasteiger partial charge in [-0.15, -0.1) is 0 Å². The molecule has 3 heterocycles. The van der Waals surface area contributed by atoms with Crippen LogP contribution in [0.25, 0.3) is 11.3 Å². The van der Waals surface area contributed by atoms with Crippen molar-refractivity contribution in [2.45, 2.75) is 24.4 Å². The van der Waals surface area contributed by atoms with Gasteiger partial charge in [0.05, 0.1) is 24.9 Å². The lowest BCUT2D eigenvalue weighted by atomic mass is 10.1. The van der Waals surface area contributed by atoms with E-state index in [0.717, 1.165) is 11.3 Å². The zero-order valence-corrected chi connectivity index (χ0v) is 12.9. The van der Waals surface area contributed by atoms with Crippen molar-refractivity contribution in [2.24, 2.45) is 0 Å². The average Bonchev–Trinajstić information content (AvgIpc) is 3.19. The molecule has 1 N–H and O–H groups in total. The van der Waals surface area contributed by atoms with Crippen molar-refractivity contribution >= 4 is 5.95 Å². The third-order valence-electron chi connectivity index (χ3n) is 4.35. The molecule has 0 spiro atoms. The Morgan fingerprint density at radius 2 is 1.91 bits per heavy atom. The normalized spacial score (nSPS) is 29.4. The molecule has 4 rings (SSSR count). The predicted molar refractivity (Wildman–Crippen MR) is 85.2 cm³/mol. The van der Waals surface area contributed by atoms with E-state index < -0.39 is 0 Å². The Bertz CT molecular complexity index is 667. The summed E-state index contributed by atoms with van der Waals surface area (Å²) in [6.45, 7) is 1.13. The SMILES string of the molecule is COC1COC2C(Nc3nccc(-c4ccccc4)n3)COC12. The van der Waals surface area contributed by atoms with E-state index in [0.29, 0.717) is 19.2 Å². The number of hydrogen-bond donors (Lipinski definition) is 1. The first-order chi connectivity index (χ1) is 11.3. The van der Waals surface area contributed by atoms with Crippen LogP contribution in [0.3, 0.4) is 0 Å². The lowest BCUT2D eigenvalue weighted by Crippen LogP contribution is -2.36. The van der Waals surface area contributed by atoms with Crippen LogP contribution >= 0.6 is 0 Å². The van der Waals surface area contributed by atoms with Gasteiger partial charge in [-0.25, -0.2) is 9.97 Å². The van der Waals surface area contributed by atoms with Crippen molar-refractivity contribution in [2.75, 3.05) is 25.6 Å². The van der Waals surface area contributed by atoms with E-state index in [2.05, 4.69) is 15.3 Å². The van der Waals surface area contributed by atoms with Gasteiger partial charge in [-0.1, -0.05) is 30.3 Å². The lowest BCUT2D eigenvalue weighted by molar-refractivity contribution is -0.00757. The molecule has 0 amide bonds. The molecule has 2 aliphatic heterocycles. The smallest absolute Gasteiger partial charge is 0.223 e. The maximum Gasteiger partial charge on any atom is 0.223 e. The molecule has 23 heavy (non-hydrogen) atoms. The fourth-order valence-electron chi connectivity index (χ4n) is 3.15. The molecule has 0 radical (unpaired) electrons. The molecule has 4 unspecified atom stereocenters. The summed E-state index contributed by atoms with van der Waals surface area (Å²) in [5, 5.41) is 3.34. The topological polar surface area (TPSA) is 65.5 Å². The number of ether oxygens (including phenoxy) is 3. The van der Waals surface area contributed by atoms with Crippen molar-refractivity contribution in [3.05, 3.63) is 42.6 Å². The first kappa shape index (κ1) is 14.6. The molecule has 2 saturated heterocycles. The average molecular weight is 313 g/mol. The standard InChI is InChI=1S/C17H19N3O3/c1-21-14-10-23-15-13(9-22-16(14)15)20-17-18-8-7-12(19-17)11-5-3-2-4-6-11/h2-8,13-16H,9-10H2,1H3,(H,18,19,20). The highest BCUT2D eigenvalue weighted by Gasteiger charge is 2.48. The Balaban J connectivity index is 1.50. The minimum absolute atomic E-state index is 0.00312. The van der Waals surface area contributed by atoms with Crippen LogP contribution in [-0.4, -0.2) is 54.6 Å². The first-order valence-corrected chi connectivity index (χ1v) is 7.76. The van der Waals surface area contributed by atoms with Gasteiger partial charge in [0.2, 0.25) is 5.95 Å². The minimum atomic E-state index is -0.0241. The number of fused-ring (bicyclic) bond motifs is 1. The van der Waals surface area contributed by atoms with Crippen LogP contribution in [-0.2, 0) is 14.2 Å². The van der Waals surface area contributed by atoms with Crippen LogP contribution in [0.2, 0.25) is 0 Å². The van der Waals surface area contributed by atoms with E-state index in [1.165, 1.54) is 0 Å². The van der Waals surface area contributed by atoms with Gasteiger partial charge < -0.3 is 19.5 Å². The largest absolute Gasteiger partial charge is 0.376 e. The van der Waals surface area contributed by atoms with E-state index in [9.17, 15) is 0 Å². The van der Waals surface area contributed by atoms with Gasteiger partial charge in [-0.3, -0.25) is 0 Å². The van der Waals surface area contributed by atoms with E-state index in [1.807, 2.05) is 36.4 Å². The molecule has 0 aliphatic carbocycles. The van der Waals surface area contributed by atoms with Crippen molar-refractivity contribution in [1.82, 2.24) is 9.97 Å². The number of aromatic nitrogens is 2. The summed E-state index contributed by atoms with van der Waals surface area (Å²) in [5.41, 5.74) is 1.95. The highest BCUT2D eigenvalue weighted by Crippen LogP contribution is 2.30. The zero-order valence-electron chi connectivity index (χ0n) is 12.9. The van der Waals surface area contributed by atoms with Crippen molar-refractivity contribution in [3.8, 4) is 11.3 Å².